The predicted octanol–water partition coefficient (Wildman–Crippen LogP) is -5.21. The molecule has 10 atom stereocenters. The van der Waals surface area contributed by atoms with Crippen molar-refractivity contribution < 1.29 is 62.3 Å². The molecule has 8 N–H and O–H groups in total. The summed E-state index contributed by atoms with van der Waals surface area (Å²) in [6.45, 7) is 0.405. The van der Waals surface area contributed by atoms with Crippen LogP contribution in [0.2, 0.25) is 0 Å². The molecule has 16 heteroatoms. The number of nitrogens with one attached hydrogen (secondary N) is 2. The Bertz CT molecular complexity index is 780. The molecule has 2 amide bonds. The zero-order valence-electron chi connectivity index (χ0n) is 17.1. The van der Waals surface area contributed by atoms with Gasteiger partial charge in [0.05, 0.1) is 13.2 Å². The number of hydrogen-bond acceptors (Lipinski definition) is 12. The van der Waals surface area contributed by atoms with Crippen LogP contribution in [0, 0.1) is 0 Å². The Labute approximate surface area is 183 Å². The minimum Gasteiger partial charge on any atom is -0.394 e. The Morgan fingerprint density at radius 2 is 1.44 bits per heavy atom. The van der Waals surface area contributed by atoms with E-state index in [4.69, 9.17) is 14.2 Å². The van der Waals surface area contributed by atoms with Crippen molar-refractivity contribution in [3.8, 4) is 0 Å². The van der Waals surface area contributed by atoms with E-state index in [0.717, 1.165) is 13.8 Å². The fourth-order valence-corrected chi connectivity index (χ4v) is 4.79. The van der Waals surface area contributed by atoms with Gasteiger partial charge in [0.15, 0.2) is 12.6 Å². The van der Waals surface area contributed by atoms with E-state index in [1.54, 1.807) is 0 Å². The van der Waals surface area contributed by atoms with Crippen LogP contribution in [0.3, 0.4) is 0 Å². The van der Waals surface area contributed by atoms with E-state index in [1.165, 1.54) is 0 Å². The second-order valence-corrected chi connectivity index (χ2v) is 9.06. The molecule has 15 nitrogen and oxygen atoms in total. The number of carbonyl (C=O) groups is 2. The topological polar surface area (TPSA) is 241 Å². The number of rotatable bonds is 7. The van der Waals surface area contributed by atoms with Crippen molar-refractivity contribution in [1.29, 1.82) is 0 Å². The van der Waals surface area contributed by atoms with Gasteiger partial charge >= 0.3 is 0 Å². The van der Waals surface area contributed by atoms with E-state index in [-0.39, 0.29) is 0 Å². The van der Waals surface area contributed by atoms with Crippen LogP contribution < -0.4 is 10.6 Å². The first-order chi connectivity index (χ1) is 14.8. The van der Waals surface area contributed by atoms with Crippen LogP contribution in [-0.4, -0.2) is 124 Å². The first-order valence-electron chi connectivity index (χ1n) is 9.54. The molecule has 0 bridgehead atoms. The number of hydrogen-bond donors (Lipinski definition) is 8. The fourth-order valence-electron chi connectivity index (χ4n) is 3.73. The van der Waals surface area contributed by atoms with E-state index < -0.39 is 95.6 Å². The zero-order chi connectivity index (χ0) is 24.4. The molecule has 0 spiro atoms. The van der Waals surface area contributed by atoms with Gasteiger partial charge < -0.3 is 50.4 Å². The molecule has 0 aromatic carbocycles. The lowest BCUT2D eigenvalue weighted by atomic mass is 9.95. The van der Waals surface area contributed by atoms with Crippen molar-refractivity contribution in [2.24, 2.45) is 0 Å². The largest absolute Gasteiger partial charge is 0.394 e. The van der Waals surface area contributed by atoms with Crippen LogP contribution in [0.15, 0.2) is 0 Å². The molecule has 2 aliphatic rings. The highest BCUT2D eigenvalue weighted by Gasteiger charge is 2.54. The Morgan fingerprint density at radius 1 is 0.906 bits per heavy atom. The lowest BCUT2D eigenvalue weighted by molar-refractivity contribution is -0.316. The monoisotopic (exact) mass is 488 g/mol. The van der Waals surface area contributed by atoms with Crippen molar-refractivity contribution >= 4 is 21.9 Å². The lowest BCUT2D eigenvalue weighted by Crippen LogP contribution is -2.69. The number of carbonyl (C=O) groups excluding carboxylic acids is 2. The van der Waals surface area contributed by atoms with Gasteiger partial charge in [-0.25, -0.2) is 0 Å². The summed E-state index contributed by atoms with van der Waals surface area (Å²) in [5, 5.41) is 52.7. The molecule has 2 fully saturated rings. The first-order valence-corrected chi connectivity index (χ1v) is 11.0. The molecule has 2 heterocycles. The smallest absolute Gasteiger partial charge is 0.273 e. The van der Waals surface area contributed by atoms with Crippen LogP contribution in [0.1, 0.15) is 13.8 Å². The van der Waals surface area contributed by atoms with Gasteiger partial charge in [0.25, 0.3) is 10.1 Å². The molecule has 2 saturated heterocycles. The highest BCUT2D eigenvalue weighted by atomic mass is 32.2. The summed E-state index contributed by atoms with van der Waals surface area (Å²) >= 11 is 0. The summed E-state index contributed by atoms with van der Waals surface area (Å²) in [5.41, 5.74) is 0. The van der Waals surface area contributed by atoms with Crippen LogP contribution >= 0.6 is 0 Å². The van der Waals surface area contributed by atoms with Crippen molar-refractivity contribution in [2.75, 3.05) is 13.2 Å². The van der Waals surface area contributed by atoms with Crippen molar-refractivity contribution in [3.63, 3.8) is 0 Å². The van der Waals surface area contributed by atoms with Crippen LogP contribution in [-0.2, 0) is 33.9 Å². The predicted molar refractivity (Wildman–Crippen MR) is 101 cm³/mol. The van der Waals surface area contributed by atoms with Gasteiger partial charge in [-0.1, -0.05) is 0 Å². The lowest BCUT2D eigenvalue weighted by Gasteiger charge is -2.47. The molecule has 1 unspecified atom stereocenters. The van der Waals surface area contributed by atoms with Gasteiger partial charge in [0, 0.05) is 13.8 Å². The van der Waals surface area contributed by atoms with Crippen LogP contribution in [0.5, 0.6) is 0 Å². The van der Waals surface area contributed by atoms with E-state index >= 15 is 0 Å². The van der Waals surface area contributed by atoms with Gasteiger partial charge in [0.1, 0.15) is 47.9 Å². The second-order valence-electron chi connectivity index (χ2n) is 7.49. The number of aliphatic hydroxyl groups is 5. The van der Waals surface area contributed by atoms with Gasteiger partial charge in [0.2, 0.25) is 11.8 Å². The maximum atomic E-state index is 11.7. The molecule has 0 aromatic rings. The second kappa shape index (κ2) is 10.6. The average molecular weight is 488 g/mol. The third-order valence-electron chi connectivity index (χ3n) is 5.10. The van der Waals surface area contributed by atoms with Gasteiger partial charge in [-0.3, -0.25) is 14.1 Å². The quantitative estimate of drug-likeness (QED) is 0.156. The van der Waals surface area contributed by atoms with Gasteiger partial charge in [-0.05, 0) is 0 Å². The van der Waals surface area contributed by atoms with Gasteiger partial charge in [-0.2, -0.15) is 8.42 Å². The van der Waals surface area contributed by atoms with E-state index in [9.17, 15) is 48.1 Å². The fraction of sp³-hybridized carbons (Fsp3) is 0.875. The molecule has 0 saturated carbocycles. The zero-order valence-corrected chi connectivity index (χ0v) is 18.0. The van der Waals surface area contributed by atoms with Crippen LogP contribution in [0.4, 0.5) is 0 Å². The summed E-state index contributed by atoms with van der Waals surface area (Å²) in [4.78, 5) is 23.0. The highest BCUT2D eigenvalue weighted by molar-refractivity contribution is 7.86. The maximum absolute atomic E-state index is 11.7. The van der Waals surface area contributed by atoms with Crippen molar-refractivity contribution in [3.05, 3.63) is 0 Å². The SMILES string of the molecule is CC(=O)N[C@H]1[C@H](O[C@H]2[C@H](O)[C@@H](NC(C)=O)C(O)O[C@@H]2CO)O[C@H](CO)[C@H](S(=O)(=O)O)[C@@H]1O. The summed E-state index contributed by atoms with van der Waals surface area (Å²) in [5.74, 6) is -1.37. The molecule has 32 heavy (non-hydrogen) atoms. The molecule has 2 rings (SSSR count). The molecule has 186 valence electrons. The molecular weight excluding hydrogens is 460 g/mol. The molecule has 2 aliphatic heterocycles. The van der Waals surface area contributed by atoms with Crippen LogP contribution in [0.25, 0.3) is 0 Å². The third kappa shape index (κ3) is 5.90. The minimum absolute atomic E-state index is 0.630. The number of amides is 2. The normalized spacial score (nSPS) is 40.5. The highest BCUT2D eigenvalue weighted by Crippen LogP contribution is 2.30. The van der Waals surface area contributed by atoms with Crippen molar-refractivity contribution in [1.82, 2.24) is 10.6 Å². The molecule has 0 aromatic heterocycles. The standard InChI is InChI=1S/C16H28N2O13S/c1-5(21)17-9-11(23)13(7(3-19)29-15(9)25)31-16-10(18-6(2)22)12(24)14(32(26,27)28)8(4-20)30-16/h7-16,19-20,23-25H,3-4H2,1-2H3,(H,17,21)(H,18,22)(H,26,27,28)/t7-,8-,9-,10-,11-,12-,13-,14+,15?,16+/m1/s1. The summed E-state index contributed by atoms with van der Waals surface area (Å²) in [7, 11) is -4.95. The molecule has 0 radical (unpaired) electrons. The Morgan fingerprint density at radius 3 is 1.91 bits per heavy atom. The Kier molecular flexibility index (Phi) is 8.90. The van der Waals surface area contributed by atoms with E-state index in [2.05, 4.69) is 10.6 Å². The number of aliphatic hydroxyl groups excluding tert-OH is 5. The summed E-state index contributed by atoms with van der Waals surface area (Å²) in [6, 6.07) is -3.01. The maximum Gasteiger partial charge on any atom is 0.273 e. The Hall–Kier alpha value is -1.47. The van der Waals surface area contributed by atoms with E-state index in [0.29, 0.717) is 0 Å². The molecule has 0 aliphatic carbocycles. The van der Waals surface area contributed by atoms with Gasteiger partial charge in [-0.15, -0.1) is 0 Å². The summed E-state index contributed by atoms with van der Waals surface area (Å²) < 4.78 is 49.0. The minimum atomic E-state index is -4.95. The van der Waals surface area contributed by atoms with Crippen molar-refractivity contribution in [2.45, 2.75) is 74.3 Å². The summed E-state index contributed by atoms with van der Waals surface area (Å²) in [6.07, 6.45) is -11.7. The first kappa shape index (κ1) is 26.8. The molecular formula is C16H28N2O13S. The Balaban J connectivity index is 2.37. The van der Waals surface area contributed by atoms with E-state index in [1.807, 2.05) is 0 Å². The third-order valence-corrected chi connectivity index (χ3v) is 6.37. The average Bonchev–Trinajstić information content (AvgIpc) is 2.67. The number of ether oxygens (including phenoxy) is 3.